The Balaban J connectivity index is 0.00000300. The SMILES string of the molecule is CCc1cc(CC)cc([Si](C)(c2ccc(C)cc2)C2(C)[C-]=C(C)C(C)=C2C)c1.[CH3-].[CH3-].[Ti+3]. The molecule has 0 amide bonds. The molecule has 0 bridgehead atoms. The maximum atomic E-state index is 3.96. The van der Waals surface area contributed by atoms with Gasteiger partial charge in [-0.05, 0) is 30.9 Å². The molecule has 2 atom stereocenters. The molecule has 31 heavy (non-hydrogen) atoms. The van der Waals surface area contributed by atoms with Crippen molar-refractivity contribution in [2.75, 3.05) is 0 Å². The Labute approximate surface area is 209 Å². The topological polar surface area (TPSA) is 0 Å². The van der Waals surface area contributed by atoms with Crippen LogP contribution in [0.3, 0.4) is 0 Å². The Morgan fingerprint density at radius 3 is 1.68 bits per heavy atom. The van der Waals surface area contributed by atoms with E-state index in [-0.39, 0.29) is 41.6 Å². The molecular weight excluding hydrogens is 424 g/mol. The molecule has 0 spiro atoms. The van der Waals surface area contributed by atoms with E-state index in [4.69, 9.17) is 0 Å². The van der Waals surface area contributed by atoms with Gasteiger partial charge in [-0.15, -0.1) is 6.92 Å². The smallest absolute Gasteiger partial charge is 0.358 e. The van der Waals surface area contributed by atoms with E-state index in [1.807, 2.05) is 0 Å². The van der Waals surface area contributed by atoms with Crippen LogP contribution in [0.25, 0.3) is 0 Å². The normalized spacial score (nSPS) is 19.5. The summed E-state index contributed by atoms with van der Waals surface area (Å²) in [5, 5.41) is 3.02. The van der Waals surface area contributed by atoms with Crippen LogP contribution in [0.2, 0.25) is 11.6 Å². The summed E-state index contributed by atoms with van der Waals surface area (Å²) in [5.74, 6) is 0. The van der Waals surface area contributed by atoms with E-state index in [2.05, 4.69) is 104 Å². The number of allylic oxidation sites excluding steroid dienone is 4. The molecule has 1 radical (unpaired) electrons. The van der Waals surface area contributed by atoms with Crippen LogP contribution in [-0.2, 0) is 34.6 Å². The summed E-state index contributed by atoms with van der Waals surface area (Å²) in [7, 11) is -2.15. The van der Waals surface area contributed by atoms with Gasteiger partial charge in [-0.2, -0.15) is 11.1 Å². The first-order valence-corrected chi connectivity index (χ1v) is 13.2. The van der Waals surface area contributed by atoms with Gasteiger partial charge in [0.15, 0.2) is 0 Å². The second-order valence-corrected chi connectivity index (χ2v) is 13.3. The maximum Gasteiger partial charge on any atom is 3.00 e. The van der Waals surface area contributed by atoms with Crippen LogP contribution in [0, 0.1) is 27.9 Å². The molecule has 2 unspecified atom stereocenters. The van der Waals surface area contributed by atoms with Gasteiger partial charge in [0, 0.05) is 0 Å². The summed E-state index contributed by atoms with van der Waals surface area (Å²) in [6.07, 6.45) is 6.13. The summed E-state index contributed by atoms with van der Waals surface area (Å²) >= 11 is 0. The Morgan fingerprint density at radius 2 is 1.29 bits per heavy atom. The minimum absolute atomic E-state index is 0. The van der Waals surface area contributed by atoms with Crippen LogP contribution < -0.4 is 10.4 Å². The fourth-order valence-electron chi connectivity index (χ4n) is 4.81. The Bertz CT molecular complexity index is 929. The average molecular weight is 466 g/mol. The molecular formula is C29H41SiTi. The molecule has 0 heterocycles. The van der Waals surface area contributed by atoms with Gasteiger partial charge in [-0.3, -0.25) is 6.08 Å². The fraction of sp³-hybridized carbons (Fsp3) is 0.379. The van der Waals surface area contributed by atoms with E-state index in [1.165, 1.54) is 38.6 Å². The van der Waals surface area contributed by atoms with Gasteiger partial charge >= 0.3 is 21.7 Å². The minimum atomic E-state index is -2.15. The van der Waals surface area contributed by atoms with E-state index >= 15 is 0 Å². The summed E-state index contributed by atoms with van der Waals surface area (Å²) in [5.41, 5.74) is 8.50. The fourth-order valence-corrected chi connectivity index (χ4v) is 9.45. The Kier molecular flexibility index (Phi) is 10.7. The largest absolute Gasteiger partial charge is 3.00 e. The van der Waals surface area contributed by atoms with Gasteiger partial charge in [-0.25, -0.2) is 5.57 Å². The Hall–Kier alpha value is -1.15. The summed E-state index contributed by atoms with van der Waals surface area (Å²) in [4.78, 5) is 0. The van der Waals surface area contributed by atoms with E-state index in [0.717, 1.165) is 12.8 Å². The van der Waals surface area contributed by atoms with Crippen LogP contribution >= 0.6 is 0 Å². The van der Waals surface area contributed by atoms with Crippen LogP contribution in [0.15, 0.2) is 59.2 Å². The predicted molar refractivity (Wildman–Crippen MR) is 139 cm³/mol. The van der Waals surface area contributed by atoms with Crippen molar-refractivity contribution in [3.8, 4) is 0 Å². The second kappa shape index (κ2) is 11.1. The number of aryl methyl sites for hydroxylation is 3. The van der Waals surface area contributed by atoms with Crippen molar-refractivity contribution in [1.29, 1.82) is 0 Å². The molecule has 165 valence electrons. The number of hydrogen-bond acceptors (Lipinski definition) is 0. The average Bonchev–Trinajstić information content (AvgIpc) is 2.91. The molecule has 2 heteroatoms. The zero-order valence-electron chi connectivity index (χ0n) is 21.5. The standard InChI is InChI=1S/C27H35Si.2CH3.Ti/c1-9-23-15-24(10-2)17-26(16-23)28(8,25-13-11-19(3)12-14-25)27(7)18-20(4)21(5)22(27)6;;;/h11-17H,9-10H2,1-8H3;2*1H3;/q3*-1;+3. The molecule has 0 N–H and O–H groups in total. The summed E-state index contributed by atoms with van der Waals surface area (Å²) in [6, 6.07) is 16.7. The molecule has 1 aliphatic carbocycles. The molecule has 0 nitrogen and oxygen atoms in total. The summed E-state index contributed by atoms with van der Waals surface area (Å²) in [6.45, 7) is 18.6. The van der Waals surface area contributed by atoms with Gasteiger partial charge in [0.1, 0.15) is 8.07 Å². The summed E-state index contributed by atoms with van der Waals surface area (Å²) < 4.78 is 0. The zero-order chi connectivity index (χ0) is 20.7. The van der Waals surface area contributed by atoms with Crippen LogP contribution in [0.1, 0.15) is 58.2 Å². The quantitative estimate of drug-likeness (QED) is 0.327. The van der Waals surface area contributed by atoms with Crippen molar-refractivity contribution in [1.82, 2.24) is 0 Å². The zero-order valence-corrected chi connectivity index (χ0v) is 24.0. The molecule has 0 saturated carbocycles. The van der Waals surface area contributed by atoms with Gasteiger partial charge < -0.3 is 14.9 Å². The van der Waals surface area contributed by atoms with Gasteiger partial charge in [0.25, 0.3) is 0 Å². The van der Waals surface area contributed by atoms with Gasteiger partial charge in [-0.1, -0.05) is 105 Å². The van der Waals surface area contributed by atoms with E-state index in [1.54, 1.807) is 5.19 Å². The van der Waals surface area contributed by atoms with E-state index in [0.29, 0.717) is 0 Å². The first-order valence-electron chi connectivity index (χ1n) is 10.7. The van der Waals surface area contributed by atoms with Crippen molar-refractivity contribution < 1.29 is 21.7 Å². The molecule has 0 fully saturated rings. The van der Waals surface area contributed by atoms with Gasteiger partial charge in [0.2, 0.25) is 0 Å². The number of rotatable bonds is 5. The molecule has 3 rings (SSSR count). The number of benzene rings is 2. The Morgan fingerprint density at radius 1 is 0.806 bits per heavy atom. The molecule has 2 aromatic carbocycles. The molecule has 0 aliphatic heterocycles. The van der Waals surface area contributed by atoms with Gasteiger partial charge in [0.05, 0.1) is 0 Å². The maximum absolute atomic E-state index is 3.96. The molecule has 0 saturated heterocycles. The molecule has 1 aliphatic rings. The minimum Gasteiger partial charge on any atom is -0.358 e. The second-order valence-electron chi connectivity index (χ2n) is 8.86. The van der Waals surface area contributed by atoms with Crippen LogP contribution in [-0.4, -0.2) is 8.07 Å². The third-order valence-corrected chi connectivity index (χ3v) is 12.8. The van der Waals surface area contributed by atoms with Crippen molar-refractivity contribution in [3.63, 3.8) is 0 Å². The number of hydrogen-bond donors (Lipinski definition) is 0. The predicted octanol–water partition coefficient (Wildman–Crippen LogP) is 7.07. The third-order valence-electron chi connectivity index (χ3n) is 7.39. The van der Waals surface area contributed by atoms with Crippen molar-refractivity contribution >= 4 is 18.4 Å². The van der Waals surface area contributed by atoms with Crippen LogP contribution in [0.5, 0.6) is 0 Å². The van der Waals surface area contributed by atoms with Crippen LogP contribution in [0.4, 0.5) is 0 Å². The first-order chi connectivity index (χ1) is 13.2. The van der Waals surface area contributed by atoms with Crippen molar-refractivity contribution in [3.05, 3.63) is 96.8 Å². The molecule has 2 aromatic rings. The monoisotopic (exact) mass is 465 g/mol. The third kappa shape index (κ3) is 4.95. The van der Waals surface area contributed by atoms with Crippen molar-refractivity contribution in [2.24, 2.45) is 0 Å². The molecule has 0 aromatic heterocycles. The first kappa shape index (κ1) is 29.9. The van der Waals surface area contributed by atoms with Crippen molar-refractivity contribution in [2.45, 2.75) is 72.9 Å². The van der Waals surface area contributed by atoms with E-state index < -0.39 is 8.07 Å². The van der Waals surface area contributed by atoms with E-state index in [9.17, 15) is 0 Å².